The van der Waals surface area contributed by atoms with Crippen molar-refractivity contribution < 1.29 is 4.79 Å². The molecular formula is C9H9BrN2OS. The molecule has 14 heavy (non-hydrogen) atoms. The third-order valence-corrected chi connectivity index (χ3v) is 3.72. The largest absolute Gasteiger partial charge is 0.273 e. The lowest BCUT2D eigenvalue weighted by Gasteiger charge is -1.94. The SMILES string of the molecule is O=C(N/N=C/c1cscc1Br)C1CC1. The van der Waals surface area contributed by atoms with Crippen molar-refractivity contribution in [3.8, 4) is 0 Å². The summed E-state index contributed by atoms with van der Waals surface area (Å²) in [6.45, 7) is 0. The molecule has 0 unspecified atom stereocenters. The van der Waals surface area contributed by atoms with Crippen molar-refractivity contribution in [2.45, 2.75) is 12.8 Å². The number of nitrogens with zero attached hydrogens (tertiary/aromatic N) is 1. The molecule has 2 rings (SSSR count). The number of amides is 1. The summed E-state index contributed by atoms with van der Waals surface area (Å²) in [5.41, 5.74) is 3.52. The van der Waals surface area contributed by atoms with Crippen molar-refractivity contribution in [1.82, 2.24) is 5.43 Å². The molecule has 5 heteroatoms. The average Bonchev–Trinajstić information content (AvgIpc) is 2.93. The van der Waals surface area contributed by atoms with Crippen LogP contribution in [0.1, 0.15) is 18.4 Å². The fraction of sp³-hybridized carbons (Fsp3) is 0.333. The molecule has 0 spiro atoms. The van der Waals surface area contributed by atoms with E-state index in [1.165, 1.54) is 0 Å². The average molecular weight is 273 g/mol. The quantitative estimate of drug-likeness (QED) is 0.666. The molecular weight excluding hydrogens is 264 g/mol. The van der Waals surface area contributed by atoms with Crippen LogP contribution < -0.4 is 5.43 Å². The summed E-state index contributed by atoms with van der Waals surface area (Å²) >= 11 is 4.97. The van der Waals surface area contributed by atoms with Gasteiger partial charge < -0.3 is 0 Å². The van der Waals surface area contributed by atoms with Gasteiger partial charge in [-0.05, 0) is 28.8 Å². The number of thiophene rings is 1. The molecule has 74 valence electrons. The number of hydrazone groups is 1. The van der Waals surface area contributed by atoms with E-state index < -0.39 is 0 Å². The zero-order valence-corrected chi connectivity index (χ0v) is 9.77. The minimum absolute atomic E-state index is 0.0348. The molecule has 0 saturated heterocycles. The van der Waals surface area contributed by atoms with Crippen LogP contribution in [0.2, 0.25) is 0 Å². The first-order valence-electron chi connectivity index (χ1n) is 4.32. The molecule has 0 bridgehead atoms. The third kappa shape index (κ3) is 2.42. The van der Waals surface area contributed by atoms with E-state index in [9.17, 15) is 4.79 Å². The molecule has 1 aromatic heterocycles. The summed E-state index contributed by atoms with van der Waals surface area (Å²) in [4.78, 5) is 11.2. The monoisotopic (exact) mass is 272 g/mol. The van der Waals surface area contributed by atoms with E-state index in [-0.39, 0.29) is 11.8 Å². The van der Waals surface area contributed by atoms with Crippen LogP contribution in [0.4, 0.5) is 0 Å². The highest BCUT2D eigenvalue weighted by atomic mass is 79.9. The molecule has 1 aliphatic carbocycles. The molecule has 0 aromatic carbocycles. The van der Waals surface area contributed by atoms with Gasteiger partial charge in [-0.1, -0.05) is 0 Å². The summed E-state index contributed by atoms with van der Waals surface area (Å²) in [6.07, 6.45) is 3.66. The summed E-state index contributed by atoms with van der Waals surface area (Å²) in [5, 5.41) is 7.83. The Morgan fingerprint density at radius 3 is 3.00 bits per heavy atom. The van der Waals surface area contributed by atoms with Gasteiger partial charge in [0.15, 0.2) is 0 Å². The van der Waals surface area contributed by atoms with E-state index in [0.29, 0.717) is 0 Å². The van der Waals surface area contributed by atoms with E-state index in [4.69, 9.17) is 0 Å². The Morgan fingerprint density at radius 2 is 2.43 bits per heavy atom. The number of carbonyl (C=O) groups is 1. The maximum Gasteiger partial charge on any atom is 0.243 e. The molecule has 0 radical (unpaired) electrons. The van der Waals surface area contributed by atoms with Crippen molar-refractivity contribution in [3.63, 3.8) is 0 Å². The Kier molecular flexibility index (Phi) is 2.98. The van der Waals surface area contributed by atoms with E-state index in [2.05, 4.69) is 26.5 Å². The Hall–Kier alpha value is -0.680. The van der Waals surface area contributed by atoms with Crippen molar-refractivity contribution in [3.05, 3.63) is 20.8 Å². The van der Waals surface area contributed by atoms with Crippen molar-refractivity contribution in [2.24, 2.45) is 11.0 Å². The van der Waals surface area contributed by atoms with Gasteiger partial charge >= 0.3 is 0 Å². The van der Waals surface area contributed by atoms with Crippen LogP contribution in [0.3, 0.4) is 0 Å². The highest BCUT2D eigenvalue weighted by Gasteiger charge is 2.29. The second kappa shape index (κ2) is 4.23. The van der Waals surface area contributed by atoms with Crippen molar-refractivity contribution in [1.29, 1.82) is 0 Å². The molecule has 3 nitrogen and oxygen atoms in total. The van der Waals surface area contributed by atoms with Gasteiger partial charge in [-0.2, -0.15) is 16.4 Å². The maximum absolute atomic E-state index is 11.2. The Labute approximate surface area is 94.3 Å². The second-order valence-corrected chi connectivity index (χ2v) is 4.78. The maximum atomic E-state index is 11.2. The zero-order valence-electron chi connectivity index (χ0n) is 7.37. The lowest BCUT2D eigenvalue weighted by Crippen LogP contribution is -2.18. The number of hydrogen-bond donors (Lipinski definition) is 1. The second-order valence-electron chi connectivity index (χ2n) is 3.18. The number of nitrogens with one attached hydrogen (secondary N) is 1. The minimum Gasteiger partial charge on any atom is -0.273 e. The van der Waals surface area contributed by atoms with Crippen molar-refractivity contribution in [2.75, 3.05) is 0 Å². The zero-order chi connectivity index (χ0) is 9.97. The van der Waals surface area contributed by atoms with Crippen LogP contribution in [0, 0.1) is 5.92 Å². The van der Waals surface area contributed by atoms with E-state index >= 15 is 0 Å². The van der Waals surface area contributed by atoms with E-state index in [0.717, 1.165) is 22.9 Å². The van der Waals surface area contributed by atoms with Crippen molar-refractivity contribution >= 4 is 39.4 Å². The van der Waals surface area contributed by atoms with Crippen LogP contribution in [-0.4, -0.2) is 12.1 Å². The summed E-state index contributed by atoms with van der Waals surface area (Å²) in [7, 11) is 0. The molecule has 1 N–H and O–H groups in total. The first kappa shape index (κ1) is 9.86. The molecule has 1 aromatic rings. The highest BCUT2D eigenvalue weighted by molar-refractivity contribution is 9.10. The van der Waals surface area contributed by atoms with Gasteiger partial charge in [0.25, 0.3) is 0 Å². The fourth-order valence-corrected chi connectivity index (χ4v) is 2.34. The molecule has 1 aliphatic rings. The topological polar surface area (TPSA) is 41.5 Å². The Morgan fingerprint density at radius 1 is 1.64 bits per heavy atom. The van der Waals surface area contributed by atoms with Gasteiger partial charge in [-0.15, -0.1) is 0 Å². The molecule has 0 aliphatic heterocycles. The Bertz CT molecular complexity index is 371. The molecule has 1 amide bonds. The van der Waals surface area contributed by atoms with Crippen LogP contribution in [0.25, 0.3) is 0 Å². The predicted molar refractivity (Wildman–Crippen MR) is 60.5 cm³/mol. The minimum atomic E-state index is 0.0348. The summed E-state index contributed by atoms with van der Waals surface area (Å²) in [6, 6.07) is 0. The number of rotatable bonds is 3. The molecule has 0 atom stereocenters. The van der Waals surface area contributed by atoms with Crippen LogP contribution in [-0.2, 0) is 4.79 Å². The van der Waals surface area contributed by atoms with Crippen LogP contribution in [0.5, 0.6) is 0 Å². The van der Waals surface area contributed by atoms with E-state index in [1.54, 1.807) is 17.6 Å². The predicted octanol–water partition coefficient (Wildman–Crippen LogP) is 2.37. The molecule has 1 heterocycles. The first-order valence-corrected chi connectivity index (χ1v) is 6.05. The molecule has 1 saturated carbocycles. The van der Waals surface area contributed by atoms with Gasteiger partial charge in [0, 0.05) is 26.7 Å². The van der Waals surface area contributed by atoms with Gasteiger partial charge in [0.1, 0.15) is 0 Å². The normalized spacial score (nSPS) is 16.1. The number of halogens is 1. The fourth-order valence-electron chi connectivity index (χ4n) is 0.986. The lowest BCUT2D eigenvalue weighted by molar-refractivity contribution is -0.122. The lowest BCUT2D eigenvalue weighted by atomic mass is 10.4. The first-order chi connectivity index (χ1) is 6.77. The van der Waals surface area contributed by atoms with Gasteiger partial charge in [-0.3, -0.25) is 4.79 Å². The van der Waals surface area contributed by atoms with Gasteiger partial charge in [-0.25, -0.2) is 5.43 Å². The summed E-state index contributed by atoms with van der Waals surface area (Å²) in [5.74, 6) is 0.241. The highest BCUT2D eigenvalue weighted by Crippen LogP contribution is 2.28. The number of hydrogen-bond acceptors (Lipinski definition) is 3. The van der Waals surface area contributed by atoms with Gasteiger partial charge in [0.05, 0.1) is 6.21 Å². The Balaban J connectivity index is 1.87. The molecule has 1 fully saturated rings. The van der Waals surface area contributed by atoms with E-state index in [1.807, 2.05) is 10.8 Å². The van der Waals surface area contributed by atoms with Crippen LogP contribution >= 0.6 is 27.3 Å². The number of carbonyl (C=O) groups excluding carboxylic acids is 1. The smallest absolute Gasteiger partial charge is 0.243 e. The standard InChI is InChI=1S/C9H9BrN2OS/c10-8-5-14-4-7(8)3-11-12-9(13)6-1-2-6/h3-6H,1-2H2,(H,12,13)/b11-3+. The van der Waals surface area contributed by atoms with Crippen LogP contribution in [0.15, 0.2) is 20.3 Å². The summed E-state index contributed by atoms with van der Waals surface area (Å²) < 4.78 is 1.01. The third-order valence-electron chi connectivity index (χ3n) is 1.97. The van der Waals surface area contributed by atoms with Gasteiger partial charge in [0.2, 0.25) is 5.91 Å².